The number of hydrogen-bond donors (Lipinski definition) is 0. The van der Waals surface area contributed by atoms with Crippen molar-refractivity contribution in [2.75, 3.05) is 0 Å². The van der Waals surface area contributed by atoms with Crippen molar-refractivity contribution in [1.29, 1.82) is 0 Å². The van der Waals surface area contributed by atoms with Crippen LogP contribution in [0, 0.1) is 35.5 Å². The summed E-state index contributed by atoms with van der Waals surface area (Å²) in [4.78, 5) is 0. The summed E-state index contributed by atoms with van der Waals surface area (Å²) in [6, 6.07) is 0. The summed E-state index contributed by atoms with van der Waals surface area (Å²) < 4.78 is 0. The predicted octanol–water partition coefficient (Wildman–Crippen LogP) is 6.23. The second-order valence-electron chi connectivity index (χ2n) is 9.18. The molecular weight excluding hydrogens is 292 g/mol. The molecule has 0 aromatic carbocycles. The van der Waals surface area contributed by atoms with E-state index in [-0.39, 0.29) is 0 Å². The van der Waals surface area contributed by atoms with Crippen LogP contribution in [0.3, 0.4) is 0 Å². The van der Waals surface area contributed by atoms with E-state index in [1.807, 2.05) is 0 Å². The average molecular weight is 325 g/mol. The molecule has 0 heterocycles. The Morgan fingerprint density at radius 1 is 0.696 bits per heavy atom. The molecule has 4 aliphatic carbocycles. The summed E-state index contributed by atoms with van der Waals surface area (Å²) in [5.41, 5.74) is 1.95. The van der Waals surface area contributed by atoms with Crippen LogP contribution in [0.2, 0.25) is 24.2 Å². The van der Waals surface area contributed by atoms with E-state index < -0.39 is 8.07 Å². The van der Waals surface area contributed by atoms with Gasteiger partial charge in [-0.3, -0.25) is 0 Å². The Morgan fingerprint density at radius 3 is 1.83 bits per heavy atom. The van der Waals surface area contributed by atoms with Crippen molar-refractivity contribution in [3.05, 3.63) is 48.6 Å². The highest BCUT2D eigenvalue weighted by molar-refractivity contribution is 6.80. The van der Waals surface area contributed by atoms with Gasteiger partial charge in [-0.1, -0.05) is 82.0 Å². The maximum absolute atomic E-state index is 2.73. The van der Waals surface area contributed by atoms with Gasteiger partial charge >= 0.3 is 0 Å². The zero-order valence-corrected chi connectivity index (χ0v) is 16.2. The first kappa shape index (κ1) is 15.7. The maximum Gasteiger partial charge on any atom is 0.0547 e. The van der Waals surface area contributed by atoms with Gasteiger partial charge in [-0.15, -0.1) is 0 Å². The molecule has 124 valence electrons. The Balaban J connectivity index is 1.63. The van der Waals surface area contributed by atoms with Gasteiger partial charge in [0.2, 0.25) is 0 Å². The molecule has 0 bridgehead atoms. The van der Waals surface area contributed by atoms with Gasteiger partial charge in [0.15, 0.2) is 0 Å². The van der Waals surface area contributed by atoms with Gasteiger partial charge in [0, 0.05) is 0 Å². The molecule has 0 N–H and O–H groups in total. The Labute approximate surface area is 143 Å². The zero-order chi connectivity index (χ0) is 16.2. The van der Waals surface area contributed by atoms with Crippen molar-refractivity contribution in [3.8, 4) is 0 Å². The van der Waals surface area contributed by atoms with Crippen LogP contribution in [0.4, 0.5) is 0 Å². The SMILES string of the molecule is CC1C2C=CC=CC2C(C)C1[Si](C)(C)C1CCC2C=CC=CC21. The number of fused-ring (bicyclic) bond motifs is 2. The van der Waals surface area contributed by atoms with Gasteiger partial charge in [-0.2, -0.15) is 0 Å². The van der Waals surface area contributed by atoms with Crippen molar-refractivity contribution in [3.63, 3.8) is 0 Å². The minimum absolute atomic E-state index is 0.797. The first-order chi connectivity index (χ1) is 11.0. The van der Waals surface area contributed by atoms with E-state index in [1.165, 1.54) is 12.8 Å². The molecular formula is C22H32Si. The fourth-order valence-corrected chi connectivity index (χ4v) is 13.0. The van der Waals surface area contributed by atoms with Crippen LogP contribution in [0.1, 0.15) is 26.7 Å². The topological polar surface area (TPSA) is 0 Å². The molecule has 2 fully saturated rings. The first-order valence-electron chi connectivity index (χ1n) is 9.72. The molecule has 23 heavy (non-hydrogen) atoms. The lowest BCUT2D eigenvalue weighted by Crippen LogP contribution is -2.43. The van der Waals surface area contributed by atoms with Crippen LogP contribution >= 0.6 is 0 Å². The van der Waals surface area contributed by atoms with Crippen molar-refractivity contribution in [2.45, 2.75) is 50.9 Å². The van der Waals surface area contributed by atoms with E-state index in [0.29, 0.717) is 0 Å². The summed E-state index contributed by atoms with van der Waals surface area (Å²) in [6.45, 7) is 10.6. The minimum Gasteiger partial charge on any atom is -0.0808 e. The largest absolute Gasteiger partial charge is 0.0808 e. The van der Waals surface area contributed by atoms with Gasteiger partial charge in [-0.25, -0.2) is 0 Å². The van der Waals surface area contributed by atoms with E-state index in [1.54, 1.807) is 0 Å². The third kappa shape index (κ3) is 2.30. The van der Waals surface area contributed by atoms with Crippen LogP contribution in [-0.2, 0) is 0 Å². The molecule has 7 unspecified atom stereocenters. The number of rotatable bonds is 2. The lowest BCUT2D eigenvalue weighted by atomic mass is 9.85. The quantitative estimate of drug-likeness (QED) is 0.528. The Kier molecular flexibility index (Phi) is 3.83. The number of hydrogen-bond acceptors (Lipinski definition) is 0. The Morgan fingerprint density at radius 2 is 1.22 bits per heavy atom. The lowest BCUT2D eigenvalue weighted by molar-refractivity contribution is 0.427. The average Bonchev–Trinajstić information content (AvgIpc) is 3.09. The Bertz CT molecular complexity index is 555. The van der Waals surface area contributed by atoms with Crippen LogP contribution in [0.5, 0.6) is 0 Å². The van der Waals surface area contributed by atoms with Crippen LogP contribution < -0.4 is 0 Å². The summed E-state index contributed by atoms with van der Waals surface area (Å²) in [5.74, 6) is 5.00. The van der Waals surface area contributed by atoms with Gasteiger partial charge < -0.3 is 0 Å². The van der Waals surface area contributed by atoms with Crippen LogP contribution in [0.15, 0.2) is 48.6 Å². The molecule has 0 amide bonds. The Hall–Kier alpha value is -0.823. The molecule has 2 saturated carbocycles. The van der Waals surface area contributed by atoms with Crippen LogP contribution in [-0.4, -0.2) is 8.07 Å². The molecule has 0 aromatic heterocycles. The molecule has 0 spiro atoms. The molecule has 0 radical (unpaired) electrons. The molecule has 0 aromatic rings. The van der Waals surface area contributed by atoms with Crippen molar-refractivity contribution in [2.24, 2.45) is 35.5 Å². The van der Waals surface area contributed by atoms with E-state index in [4.69, 9.17) is 0 Å². The molecule has 4 aliphatic rings. The van der Waals surface area contributed by atoms with Gasteiger partial charge in [0.05, 0.1) is 8.07 Å². The minimum atomic E-state index is -1.31. The normalized spacial score (nSPS) is 47.8. The second kappa shape index (κ2) is 5.62. The van der Waals surface area contributed by atoms with Crippen molar-refractivity contribution < 1.29 is 0 Å². The predicted molar refractivity (Wildman–Crippen MR) is 103 cm³/mol. The van der Waals surface area contributed by atoms with Crippen LogP contribution in [0.25, 0.3) is 0 Å². The third-order valence-electron chi connectivity index (χ3n) is 7.96. The van der Waals surface area contributed by atoms with Gasteiger partial charge in [0.1, 0.15) is 0 Å². The first-order valence-corrected chi connectivity index (χ1v) is 12.9. The molecule has 7 atom stereocenters. The maximum atomic E-state index is 2.73. The zero-order valence-electron chi connectivity index (χ0n) is 15.2. The van der Waals surface area contributed by atoms with E-state index in [9.17, 15) is 0 Å². The lowest BCUT2D eigenvalue weighted by Gasteiger charge is -2.43. The van der Waals surface area contributed by atoms with Crippen molar-refractivity contribution >= 4 is 8.07 Å². The van der Waals surface area contributed by atoms with Gasteiger partial charge in [0.25, 0.3) is 0 Å². The summed E-state index contributed by atoms with van der Waals surface area (Å²) in [5, 5.41) is 0. The fourth-order valence-electron chi connectivity index (χ4n) is 7.08. The molecule has 0 nitrogen and oxygen atoms in total. The molecule has 0 saturated heterocycles. The van der Waals surface area contributed by atoms with Gasteiger partial charge in [-0.05, 0) is 53.0 Å². The standard InChI is InChI=1S/C22H32Si/c1-15-18-10-7-8-11-19(18)16(2)22(15)23(3,4)21-14-13-17-9-5-6-12-20(17)21/h5-12,15-22H,13-14H2,1-4H3. The highest BCUT2D eigenvalue weighted by Gasteiger charge is 2.55. The van der Waals surface area contributed by atoms with E-state index in [2.05, 4.69) is 75.5 Å². The molecule has 0 aliphatic heterocycles. The number of allylic oxidation sites excluding steroid dienone is 8. The molecule has 1 heteroatoms. The molecule has 4 rings (SSSR count). The fraction of sp³-hybridized carbons (Fsp3) is 0.636. The monoisotopic (exact) mass is 324 g/mol. The smallest absolute Gasteiger partial charge is 0.0547 e. The highest BCUT2D eigenvalue weighted by atomic mass is 28.3. The van der Waals surface area contributed by atoms with Crippen molar-refractivity contribution in [1.82, 2.24) is 0 Å². The summed E-state index contributed by atoms with van der Waals surface area (Å²) in [6.07, 6.45) is 22.1. The summed E-state index contributed by atoms with van der Waals surface area (Å²) in [7, 11) is -1.31. The second-order valence-corrected chi connectivity index (χ2v) is 14.2. The van der Waals surface area contributed by atoms with E-state index in [0.717, 1.165) is 46.6 Å². The van der Waals surface area contributed by atoms with E-state index >= 15 is 0 Å². The summed E-state index contributed by atoms with van der Waals surface area (Å²) >= 11 is 0. The third-order valence-corrected chi connectivity index (χ3v) is 13.3. The highest BCUT2D eigenvalue weighted by Crippen LogP contribution is 2.61.